The highest BCUT2D eigenvalue weighted by Gasteiger charge is 2.29. The van der Waals surface area contributed by atoms with E-state index in [2.05, 4.69) is 15.3 Å². The molecule has 1 amide bonds. The minimum absolute atomic E-state index is 0.0256. The number of carbonyl (C=O) groups is 1. The van der Waals surface area contributed by atoms with Gasteiger partial charge in [-0.05, 0) is 19.4 Å². The molecule has 8 nitrogen and oxygen atoms in total. The summed E-state index contributed by atoms with van der Waals surface area (Å²) in [6.07, 6.45) is 4.29. The van der Waals surface area contributed by atoms with Gasteiger partial charge in [0.25, 0.3) is 5.91 Å². The SMILES string of the molecule is CCOCc1cn(C2CCN(C(=O)c3ccc(OC)nc3)C2)nn1. The number of carbonyl (C=O) groups excluding carboxylic acids is 1. The lowest BCUT2D eigenvalue weighted by Gasteiger charge is -2.16. The third kappa shape index (κ3) is 3.53. The van der Waals surface area contributed by atoms with Gasteiger partial charge in [-0.25, -0.2) is 9.67 Å². The lowest BCUT2D eigenvalue weighted by molar-refractivity contribution is 0.0786. The van der Waals surface area contributed by atoms with Crippen molar-refractivity contribution in [2.75, 3.05) is 26.8 Å². The van der Waals surface area contributed by atoms with Gasteiger partial charge in [0.15, 0.2) is 0 Å². The van der Waals surface area contributed by atoms with Crippen molar-refractivity contribution >= 4 is 5.91 Å². The minimum atomic E-state index is -0.0256. The Morgan fingerprint density at radius 1 is 1.42 bits per heavy atom. The lowest BCUT2D eigenvalue weighted by Crippen LogP contribution is -2.29. The van der Waals surface area contributed by atoms with Crippen LogP contribution in [0.2, 0.25) is 0 Å². The van der Waals surface area contributed by atoms with Crippen LogP contribution in [0, 0.1) is 0 Å². The van der Waals surface area contributed by atoms with Crippen molar-refractivity contribution in [3.63, 3.8) is 0 Å². The molecule has 0 N–H and O–H groups in total. The third-order valence-electron chi connectivity index (χ3n) is 4.03. The molecule has 3 heterocycles. The lowest BCUT2D eigenvalue weighted by atomic mass is 10.2. The first-order valence-electron chi connectivity index (χ1n) is 7.99. The van der Waals surface area contributed by atoms with Crippen molar-refractivity contribution in [2.24, 2.45) is 0 Å². The van der Waals surface area contributed by atoms with Crippen molar-refractivity contribution in [1.29, 1.82) is 0 Å². The molecule has 24 heavy (non-hydrogen) atoms. The summed E-state index contributed by atoms with van der Waals surface area (Å²) in [6.45, 7) is 4.36. The van der Waals surface area contributed by atoms with Gasteiger partial charge in [-0.3, -0.25) is 4.79 Å². The van der Waals surface area contributed by atoms with E-state index in [9.17, 15) is 4.79 Å². The zero-order chi connectivity index (χ0) is 16.9. The zero-order valence-corrected chi connectivity index (χ0v) is 13.9. The summed E-state index contributed by atoms with van der Waals surface area (Å²) in [5, 5.41) is 8.27. The number of ether oxygens (including phenoxy) is 2. The van der Waals surface area contributed by atoms with Crippen molar-refractivity contribution in [3.8, 4) is 5.88 Å². The fourth-order valence-electron chi connectivity index (χ4n) is 2.72. The highest BCUT2D eigenvalue weighted by molar-refractivity contribution is 5.94. The van der Waals surface area contributed by atoms with Crippen molar-refractivity contribution < 1.29 is 14.3 Å². The van der Waals surface area contributed by atoms with E-state index >= 15 is 0 Å². The summed E-state index contributed by atoms with van der Waals surface area (Å²) in [7, 11) is 1.55. The molecule has 0 spiro atoms. The molecule has 1 saturated heterocycles. The number of hydrogen-bond acceptors (Lipinski definition) is 6. The first-order chi connectivity index (χ1) is 11.7. The fraction of sp³-hybridized carbons (Fsp3) is 0.500. The molecule has 0 saturated carbocycles. The van der Waals surface area contributed by atoms with Gasteiger partial charge < -0.3 is 14.4 Å². The molecule has 0 aromatic carbocycles. The number of methoxy groups -OCH3 is 1. The van der Waals surface area contributed by atoms with Crippen molar-refractivity contribution in [1.82, 2.24) is 24.9 Å². The molecule has 1 atom stereocenters. The van der Waals surface area contributed by atoms with Crippen molar-refractivity contribution in [2.45, 2.75) is 26.0 Å². The van der Waals surface area contributed by atoms with Crippen molar-refractivity contribution in [3.05, 3.63) is 35.8 Å². The summed E-state index contributed by atoms with van der Waals surface area (Å²) < 4.78 is 12.2. The van der Waals surface area contributed by atoms with Gasteiger partial charge in [-0.2, -0.15) is 0 Å². The molecule has 1 unspecified atom stereocenters. The number of nitrogens with zero attached hydrogens (tertiary/aromatic N) is 5. The number of rotatable bonds is 6. The summed E-state index contributed by atoms with van der Waals surface area (Å²) in [4.78, 5) is 18.5. The molecule has 3 rings (SSSR count). The van der Waals surface area contributed by atoms with E-state index in [-0.39, 0.29) is 11.9 Å². The van der Waals surface area contributed by atoms with Gasteiger partial charge in [0.2, 0.25) is 5.88 Å². The van der Waals surface area contributed by atoms with Gasteiger partial charge >= 0.3 is 0 Å². The predicted octanol–water partition coefficient (Wildman–Crippen LogP) is 1.31. The van der Waals surface area contributed by atoms with Crippen LogP contribution in [0.15, 0.2) is 24.5 Å². The van der Waals surface area contributed by atoms with Crippen LogP contribution in [-0.2, 0) is 11.3 Å². The van der Waals surface area contributed by atoms with Gasteiger partial charge in [0.1, 0.15) is 5.69 Å². The van der Waals surface area contributed by atoms with Gasteiger partial charge in [0, 0.05) is 32.0 Å². The topological polar surface area (TPSA) is 82.4 Å². The Kier molecular flexibility index (Phi) is 5.05. The molecule has 0 aliphatic carbocycles. The number of aromatic nitrogens is 4. The normalized spacial score (nSPS) is 17.2. The molecule has 1 fully saturated rings. The molecule has 1 aliphatic rings. The summed E-state index contributed by atoms with van der Waals surface area (Å²) in [5.41, 5.74) is 1.37. The smallest absolute Gasteiger partial charge is 0.255 e. The van der Waals surface area contributed by atoms with Gasteiger partial charge in [-0.1, -0.05) is 5.21 Å². The number of hydrogen-bond donors (Lipinski definition) is 0. The van der Waals surface area contributed by atoms with E-state index in [0.29, 0.717) is 37.7 Å². The highest BCUT2D eigenvalue weighted by atomic mass is 16.5. The van der Waals surface area contributed by atoms with Crippen LogP contribution in [0.25, 0.3) is 0 Å². The van der Waals surface area contributed by atoms with E-state index < -0.39 is 0 Å². The fourth-order valence-corrected chi connectivity index (χ4v) is 2.72. The number of pyridine rings is 1. The standard InChI is InChI=1S/C16H21N5O3/c1-3-24-11-13-9-21(19-18-13)14-6-7-20(10-14)16(22)12-4-5-15(23-2)17-8-12/h4-5,8-9,14H,3,6-7,10-11H2,1-2H3. The Morgan fingerprint density at radius 3 is 3.00 bits per heavy atom. The van der Waals surface area contributed by atoms with Crippen LogP contribution in [-0.4, -0.2) is 57.6 Å². The average molecular weight is 331 g/mol. The molecule has 2 aromatic heterocycles. The van der Waals surface area contributed by atoms with E-state index in [4.69, 9.17) is 9.47 Å². The van der Waals surface area contributed by atoms with Gasteiger partial charge in [0.05, 0.1) is 31.5 Å². The van der Waals surface area contributed by atoms with E-state index in [1.807, 2.05) is 22.7 Å². The minimum Gasteiger partial charge on any atom is -0.481 e. The third-order valence-corrected chi connectivity index (χ3v) is 4.03. The second-order valence-electron chi connectivity index (χ2n) is 5.61. The van der Waals surface area contributed by atoms with Crippen LogP contribution in [0.5, 0.6) is 5.88 Å². The summed E-state index contributed by atoms with van der Waals surface area (Å²) in [5.74, 6) is 0.470. The second kappa shape index (κ2) is 7.39. The zero-order valence-electron chi connectivity index (χ0n) is 13.9. The quantitative estimate of drug-likeness (QED) is 0.793. The first-order valence-corrected chi connectivity index (χ1v) is 7.99. The molecule has 8 heteroatoms. The molecule has 128 valence electrons. The maximum Gasteiger partial charge on any atom is 0.255 e. The molecule has 0 bridgehead atoms. The Balaban J connectivity index is 1.61. The first kappa shape index (κ1) is 16.4. The van der Waals surface area contributed by atoms with E-state index in [1.165, 1.54) is 0 Å². The van der Waals surface area contributed by atoms with Crippen LogP contribution >= 0.6 is 0 Å². The Morgan fingerprint density at radius 2 is 2.29 bits per heavy atom. The van der Waals surface area contributed by atoms with E-state index in [0.717, 1.165) is 12.1 Å². The summed E-state index contributed by atoms with van der Waals surface area (Å²) in [6, 6.07) is 3.57. The molecular formula is C16H21N5O3. The van der Waals surface area contributed by atoms with Crippen LogP contribution in [0.1, 0.15) is 35.4 Å². The van der Waals surface area contributed by atoms with Crippen LogP contribution in [0.4, 0.5) is 0 Å². The molecule has 1 aliphatic heterocycles. The number of amides is 1. The second-order valence-corrected chi connectivity index (χ2v) is 5.61. The van der Waals surface area contributed by atoms with Crippen LogP contribution < -0.4 is 4.74 Å². The number of likely N-dealkylation sites (tertiary alicyclic amines) is 1. The highest BCUT2D eigenvalue weighted by Crippen LogP contribution is 2.23. The van der Waals surface area contributed by atoms with Crippen LogP contribution in [0.3, 0.4) is 0 Å². The molecule has 2 aromatic rings. The molecular weight excluding hydrogens is 310 g/mol. The Labute approximate surface area is 140 Å². The Bertz CT molecular complexity index is 685. The Hall–Kier alpha value is -2.48. The maximum atomic E-state index is 12.5. The maximum absolute atomic E-state index is 12.5. The van der Waals surface area contributed by atoms with E-state index in [1.54, 1.807) is 25.4 Å². The van der Waals surface area contributed by atoms with Gasteiger partial charge in [-0.15, -0.1) is 5.10 Å². The average Bonchev–Trinajstić information content (AvgIpc) is 3.28. The monoisotopic (exact) mass is 331 g/mol. The predicted molar refractivity (Wildman–Crippen MR) is 85.7 cm³/mol. The largest absolute Gasteiger partial charge is 0.481 e. The summed E-state index contributed by atoms with van der Waals surface area (Å²) >= 11 is 0. The molecule has 0 radical (unpaired) electrons.